The minimum absolute atomic E-state index is 0.000992. The summed E-state index contributed by atoms with van der Waals surface area (Å²) in [5.41, 5.74) is 7.17. The zero-order chi connectivity index (χ0) is 12.3. The first kappa shape index (κ1) is 11.8. The first-order chi connectivity index (χ1) is 8.20. The maximum absolute atomic E-state index is 12.1. The van der Waals surface area contributed by atoms with Gasteiger partial charge in [0.2, 0.25) is 0 Å². The Balaban J connectivity index is 2.05. The van der Waals surface area contributed by atoms with E-state index in [1.165, 1.54) is 0 Å². The van der Waals surface area contributed by atoms with Crippen LogP contribution >= 0.6 is 0 Å². The quantitative estimate of drug-likeness (QED) is 0.825. The van der Waals surface area contributed by atoms with Gasteiger partial charge < -0.3 is 10.6 Å². The van der Waals surface area contributed by atoms with E-state index in [0.717, 1.165) is 5.56 Å². The molecule has 2 N–H and O–H groups in total. The van der Waals surface area contributed by atoms with Crippen molar-refractivity contribution in [2.24, 2.45) is 5.73 Å². The van der Waals surface area contributed by atoms with Crippen LogP contribution in [0.15, 0.2) is 24.3 Å². The number of carbonyl (C=O) groups is 2. The van der Waals surface area contributed by atoms with Gasteiger partial charge >= 0.3 is 0 Å². The number of hydrogen-bond acceptors (Lipinski definition) is 3. The summed E-state index contributed by atoms with van der Waals surface area (Å²) in [5.74, 6) is 0.244. The van der Waals surface area contributed by atoms with Crippen LogP contribution in [0.4, 0.5) is 0 Å². The number of piperidine rings is 1. The van der Waals surface area contributed by atoms with Crippen molar-refractivity contribution in [1.82, 2.24) is 4.90 Å². The van der Waals surface area contributed by atoms with Gasteiger partial charge in [0.15, 0.2) is 0 Å². The van der Waals surface area contributed by atoms with Crippen LogP contribution in [0.2, 0.25) is 0 Å². The van der Waals surface area contributed by atoms with Crippen molar-refractivity contribution in [3.63, 3.8) is 0 Å². The van der Waals surface area contributed by atoms with E-state index >= 15 is 0 Å². The summed E-state index contributed by atoms with van der Waals surface area (Å²) in [6.07, 6.45) is 0.958. The number of benzene rings is 1. The average molecular weight is 232 g/mol. The highest BCUT2D eigenvalue weighted by Crippen LogP contribution is 2.12. The standard InChI is InChI=1S/C13H16N2O2/c14-9-10-1-3-11(4-2-10)13(17)15-7-5-12(16)6-8-15/h1-4H,5-9,14H2. The molecule has 0 atom stereocenters. The van der Waals surface area contributed by atoms with Gasteiger partial charge in [0, 0.05) is 38.0 Å². The molecule has 0 radical (unpaired) electrons. The molecule has 1 aromatic rings. The second-order valence-electron chi connectivity index (χ2n) is 4.23. The Morgan fingerprint density at radius 2 is 1.76 bits per heavy atom. The van der Waals surface area contributed by atoms with Crippen LogP contribution in [-0.4, -0.2) is 29.7 Å². The smallest absolute Gasteiger partial charge is 0.253 e. The van der Waals surface area contributed by atoms with Crippen molar-refractivity contribution in [2.45, 2.75) is 19.4 Å². The monoisotopic (exact) mass is 232 g/mol. The Kier molecular flexibility index (Phi) is 3.54. The van der Waals surface area contributed by atoms with Crippen molar-refractivity contribution < 1.29 is 9.59 Å². The fraction of sp³-hybridized carbons (Fsp3) is 0.385. The number of amides is 1. The molecule has 90 valence electrons. The highest BCUT2D eigenvalue weighted by Gasteiger charge is 2.21. The summed E-state index contributed by atoms with van der Waals surface area (Å²) in [5, 5.41) is 0. The number of rotatable bonds is 2. The third-order valence-corrected chi connectivity index (χ3v) is 3.04. The van der Waals surface area contributed by atoms with Crippen LogP contribution in [0.1, 0.15) is 28.8 Å². The molecule has 4 nitrogen and oxygen atoms in total. The van der Waals surface area contributed by atoms with Crippen molar-refractivity contribution in [3.8, 4) is 0 Å². The Hall–Kier alpha value is -1.68. The van der Waals surface area contributed by atoms with Crippen LogP contribution in [0.5, 0.6) is 0 Å². The van der Waals surface area contributed by atoms with Crippen LogP contribution in [0, 0.1) is 0 Å². The highest BCUT2D eigenvalue weighted by atomic mass is 16.2. The molecule has 0 bridgehead atoms. The number of nitrogens with two attached hydrogens (primary N) is 1. The molecule has 1 saturated heterocycles. The van der Waals surface area contributed by atoms with E-state index in [2.05, 4.69) is 0 Å². The number of Topliss-reactive ketones (excluding diaryl/α,β-unsaturated/α-hetero) is 1. The lowest BCUT2D eigenvalue weighted by molar-refractivity contribution is -0.120. The summed E-state index contributed by atoms with van der Waals surface area (Å²) in [6.45, 7) is 1.55. The molecule has 0 spiro atoms. The molecule has 1 aliphatic rings. The second kappa shape index (κ2) is 5.10. The lowest BCUT2D eigenvalue weighted by Gasteiger charge is -2.26. The molecule has 4 heteroatoms. The predicted molar refractivity (Wildman–Crippen MR) is 64.5 cm³/mol. The fourth-order valence-electron chi connectivity index (χ4n) is 1.93. The number of ketones is 1. The van der Waals surface area contributed by atoms with Crippen molar-refractivity contribution in [1.29, 1.82) is 0 Å². The molecule has 2 rings (SSSR count). The van der Waals surface area contributed by atoms with Gasteiger partial charge in [-0.25, -0.2) is 0 Å². The number of hydrogen-bond donors (Lipinski definition) is 1. The molecule has 1 heterocycles. The SMILES string of the molecule is NCc1ccc(C(=O)N2CCC(=O)CC2)cc1. The molecule has 1 aromatic carbocycles. The predicted octanol–water partition coefficient (Wildman–Crippen LogP) is 0.950. The normalized spacial score (nSPS) is 16.1. The molecule has 0 unspecified atom stereocenters. The van der Waals surface area contributed by atoms with E-state index in [1.807, 2.05) is 12.1 Å². The van der Waals surface area contributed by atoms with Crippen molar-refractivity contribution >= 4 is 11.7 Å². The summed E-state index contributed by atoms with van der Waals surface area (Å²) >= 11 is 0. The first-order valence-corrected chi connectivity index (χ1v) is 5.80. The van der Waals surface area contributed by atoms with E-state index in [-0.39, 0.29) is 11.7 Å². The van der Waals surface area contributed by atoms with Gasteiger partial charge in [0.05, 0.1) is 0 Å². The Morgan fingerprint density at radius 3 is 2.29 bits per heavy atom. The fourth-order valence-corrected chi connectivity index (χ4v) is 1.93. The van der Waals surface area contributed by atoms with E-state index in [0.29, 0.717) is 38.0 Å². The van der Waals surface area contributed by atoms with Crippen molar-refractivity contribution in [3.05, 3.63) is 35.4 Å². The molecular weight excluding hydrogens is 216 g/mol. The average Bonchev–Trinajstić information content (AvgIpc) is 2.39. The minimum Gasteiger partial charge on any atom is -0.338 e. The Labute approximate surface area is 100 Å². The maximum atomic E-state index is 12.1. The van der Waals surface area contributed by atoms with Gasteiger partial charge in [0.1, 0.15) is 5.78 Å². The van der Waals surface area contributed by atoms with Gasteiger partial charge in [0.25, 0.3) is 5.91 Å². The zero-order valence-corrected chi connectivity index (χ0v) is 9.69. The summed E-state index contributed by atoms with van der Waals surface area (Å²) in [7, 11) is 0. The van der Waals surface area contributed by atoms with Crippen molar-refractivity contribution in [2.75, 3.05) is 13.1 Å². The molecular formula is C13H16N2O2. The molecule has 1 aliphatic heterocycles. The van der Waals surface area contributed by atoms with E-state index in [1.54, 1.807) is 17.0 Å². The Bertz CT molecular complexity index is 416. The molecule has 0 aliphatic carbocycles. The largest absolute Gasteiger partial charge is 0.338 e. The molecule has 1 fully saturated rings. The van der Waals surface area contributed by atoms with Gasteiger partial charge in [-0.3, -0.25) is 9.59 Å². The van der Waals surface area contributed by atoms with Crippen LogP contribution < -0.4 is 5.73 Å². The number of nitrogens with zero attached hydrogens (tertiary/aromatic N) is 1. The minimum atomic E-state index is 0.000992. The summed E-state index contributed by atoms with van der Waals surface area (Å²) in [4.78, 5) is 24.9. The van der Waals surface area contributed by atoms with Gasteiger partial charge in [-0.1, -0.05) is 12.1 Å². The van der Waals surface area contributed by atoms with Gasteiger partial charge in [-0.05, 0) is 17.7 Å². The third-order valence-electron chi connectivity index (χ3n) is 3.04. The lowest BCUT2D eigenvalue weighted by atomic mass is 10.1. The van der Waals surface area contributed by atoms with E-state index in [9.17, 15) is 9.59 Å². The van der Waals surface area contributed by atoms with Gasteiger partial charge in [-0.15, -0.1) is 0 Å². The van der Waals surface area contributed by atoms with Crippen LogP contribution in [0.3, 0.4) is 0 Å². The summed E-state index contributed by atoms with van der Waals surface area (Å²) in [6, 6.07) is 7.31. The molecule has 0 aromatic heterocycles. The van der Waals surface area contributed by atoms with E-state index in [4.69, 9.17) is 5.73 Å². The summed E-state index contributed by atoms with van der Waals surface area (Å²) < 4.78 is 0. The maximum Gasteiger partial charge on any atom is 0.253 e. The zero-order valence-electron chi connectivity index (χ0n) is 9.69. The molecule has 17 heavy (non-hydrogen) atoms. The number of likely N-dealkylation sites (tertiary alicyclic amines) is 1. The Morgan fingerprint density at radius 1 is 1.18 bits per heavy atom. The molecule has 0 saturated carbocycles. The third kappa shape index (κ3) is 2.71. The topological polar surface area (TPSA) is 63.4 Å². The molecule has 1 amide bonds. The number of carbonyl (C=O) groups excluding carboxylic acids is 2. The second-order valence-corrected chi connectivity index (χ2v) is 4.23. The van der Waals surface area contributed by atoms with Gasteiger partial charge in [-0.2, -0.15) is 0 Å². The lowest BCUT2D eigenvalue weighted by Crippen LogP contribution is -2.38. The van der Waals surface area contributed by atoms with Crippen LogP contribution in [-0.2, 0) is 11.3 Å². The van der Waals surface area contributed by atoms with E-state index < -0.39 is 0 Å². The van der Waals surface area contributed by atoms with Crippen LogP contribution in [0.25, 0.3) is 0 Å². The first-order valence-electron chi connectivity index (χ1n) is 5.80. The highest BCUT2D eigenvalue weighted by molar-refractivity contribution is 5.95.